The molecule has 0 N–H and O–H groups in total. The van der Waals surface area contributed by atoms with Crippen LogP contribution < -0.4 is 0 Å². The van der Waals surface area contributed by atoms with E-state index in [1.165, 1.54) is 24.3 Å². The smallest absolute Gasteiger partial charge is 0.306 e. The lowest BCUT2D eigenvalue weighted by molar-refractivity contribution is -0.384. The molecule has 0 aromatic heterocycles. The molecular weight excluding hydrogens is 274 g/mol. The van der Waals surface area contributed by atoms with Gasteiger partial charge in [0, 0.05) is 18.1 Å². The summed E-state index contributed by atoms with van der Waals surface area (Å²) in [6, 6.07) is 9.12. The van der Waals surface area contributed by atoms with Gasteiger partial charge in [-0.1, -0.05) is 12.1 Å². The number of nitro groups is 1. The van der Waals surface area contributed by atoms with Gasteiger partial charge in [-0.3, -0.25) is 14.9 Å². The third-order valence-corrected chi connectivity index (χ3v) is 2.90. The Hall–Kier alpha value is -2.93. The van der Waals surface area contributed by atoms with E-state index in [1.54, 1.807) is 6.92 Å². The van der Waals surface area contributed by atoms with Crippen LogP contribution >= 0.6 is 0 Å². The van der Waals surface area contributed by atoms with E-state index in [4.69, 9.17) is 15.3 Å². The van der Waals surface area contributed by atoms with E-state index in [0.29, 0.717) is 5.56 Å². The van der Waals surface area contributed by atoms with Crippen molar-refractivity contribution >= 4 is 11.7 Å². The number of carbonyl (C=O) groups is 1. The van der Waals surface area contributed by atoms with Crippen LogP contribution in [-0.4, -0.2) is 17.5 Å². The number of rotatable bonds is 6. The first-order chi connectivity index (χ1) is 10.0. The summed E-state index contributed by atoms with van der Waals surface area (Å²) in [5.74, 6) is -2.23. The van der Waals surface area contributed by atoms with E-state index in [9.17, 15) is 14.9 Å². The summed E-state index contributed by atoms with van der Waals surface area (Å²) in [5, 5.41) is 28.6. The highest BCUT2D eigenvalue weighted by molar-refractivity contribution is 5.71. The molecule has 0 saturated heterocycles. The van der Waals surface area contributed by atoms with Crippen LogP contribution in [0.5, 0.6) is 0 Å². The molecule has 1 aromatic carbocycles. The highest BCUT2D eigenvalue weighted by Gasteiger charge is 2.26. The first-order valence-electron chi connectivity index (χ1n) is 6.22. The van der Waals surface area contributed by atoms with Gasteiger partial charge < -0.3 is 4.74 Å². The summed E-state index contributed by atoms with van der Waals surface area (Å²) in [6.45, 7) is 1.86. The van der Waals surface area contributed by atoms with Gasteiger partial charge in [-0.2, -0.15) is 10.5 Å². The lowest BCUT2D eigenvalue weighted by Crippen LogP contribution is -2.16. The van der Waals surface area contributed by atoms with Gasteiger partial charge in [-0.05, 0) is 12.5 Å². The topological polar surface area (TPSA) is 117 Å². The number of non-ortho nitro benzene ring substituents is 1. The SMILES string of the molecule is CCOC(=O)CC(c1ccc([N+](=O)[O-])cc1)C(C#N)C#N. The molecule has 0 bridgehead atoms. The number of nitro benzene ring substituents is 1. The van der Waals surface area contributed by atoms with Gasteiger partial charge in [0.15, 0.2) is 0 Å². The largest absolute Gasteiger partial charge is 0.466 e. The third kappa shape index (κ3) is 4.29. The van der Waals surface area contributed by atoms with Crippen LogP contribution in [0.15, 0.2) is 24.3 Å². The molecule has 1 unspecified atom stereocenters. The zero-order valence-electron chi connectivity index (χ0n) is 11.4. The number of nitrogens with zero attached hydrogens (tertiary/aromatic N) is 3. The van der Waals surface area contributed by atoms with E-state index in [2.05, 4.69) is 0 Å². The Balaban J connectivity index is 3.06. The first-order valence-corrected chi connectivity index (χ1v) is 6.22. The van der Waals surface area contributed by atoms with Crippen LogP contribution in [-0.2, 0) is 9.53 Å². The lowest BCUT2D eigenvalue weighted by atomic mass is 9.85. The van der Waals surface area contributed by atoms with E-state index in [0.717, 1.165) is 0 Å². The molecule has 0 amide bonds. The van der Waals surface area contributed by atoms with Crippen molar-refractivity contribution in [3.63, 3.8) is 0 Å². The Morgan fingerprint density at radius 3 is 2.33 bits per heavy atom. The fourth-order valence-electron chi connectivity index (χ4n) is 1.88. The number of ether oxygens (including phenoxy) is 1. The summed E-state index contributed by atoms with van der Waals surface area (Å²) < 4.78 is 4.83. The Morgan fingerprint density at radius 2 is 1.90 bits per heavy atom. The molecule has 1 rings (SSSR count). The summed E-state index contributed by atoms with van der Waals surface area (Å²) in [5.41, 5.74) is 0.417. The zero-order chi connectivity index (χ0) is 15.8. The summed E-state index contributed by atoms with van der Waals surface area (Å²) >= 11 is 0. The molecule has 108 valence electrons. The van der Waals surface area contributed by atoms with Gasteiger partial charge in [-0.25, -0.2) is 0 Å². The van der Waals surface area contributed by atoms with E-state index >= 15 is 0 Å². The molecule has 21 heavy (non-hydrogen) atoms. The Labute approximate surface area is 121 Å². The van der Waals surface area contributed by atoms with Gasteiger partial charge in [0.2, 0.25) is 0 Å². The van der Waals surface area contributed by atoms with Crippen molar-refractivity contribution < 1.29 is 14.5 Å². The minimum atomic E-state index is -1.03. The number of hydrogen-bond acceptors (Lipinski definition) is 6. The summed E-state index contributed by atoms with van der Waals surface area (Å²) in [4.78, 5) is 21.7. The molecule has 0 aliphatic carbocycles. The Kier molecular flexibility index (Phi) is 5.84. The second kappa shape index (κ2) is 7.61. The van der Waals surface area contributed by atoms with Gasteiger partial charge in [0.05, 0.1) is 30.1 Å². The number of hydrogen-bond donors (Lipinski definition) is 0. The molecule has 0 aliphatic heterocycles. The van der Waals surface area contributed by atoms with Crippen LogP contribution in [0.2, 0.25) is 0 Å². The third-order valence-electron chi connectivity index (χ3n) is 2.90. The number of carbonyl (C=O) groups excluding carboxylic acids is 1. The van der Waals surface area contributed by atoms with Crippen LogP contribution in [0.1, 0.15) is 24.8 Å². The molecule has 0 saturated carbocycles. The Bertz CT molecular complexity index is 584. The number of esters is 1. The lowest BCUT2D eigenvalue weighted by Gasteiger charge is -2.16. The molecular formula is C14H13N3O4. The minimum absolute atomic E-state index is 0.0981. The van der Waals surface area contributed by atoms with Crippen molar-refractivity contribution in [2.24, 2.45) is 5.92 Å². The quantitative estimate of drug-likeness (QED) is 0.450. The van der Waals surface area contributed by atoms with Crippen LogP contribution in [0.25, 0.3) is 0 Å². The number of benzene rings is 1. The monoisotopic (exact) mass is 287 g/mol. The van der Waals surface area contributed by atoms with Crippen LogP contribution in [0, 0.1) is 38.7 Å². The predicted octanol–water partition coefficient (Wildman–Crippen LogP) is 2.29. The molecule has 7 nitrogen and oxygen atoms in total. The van der Waals surface area contributed by atoms with Gasteiger partial charge in [-0.15, -0.1) is 0 Å². The van der Waals surface area contributed by atoms with Crippen molar-refractivity contribution in [2.75, 3.05) is 6.61 Å². The molecule has 0 radical (unpaired) electrons. The minimum Gasteiger partial charge on any atom is -0.466 e. The van der Waals surface area contributed by atoms with Crippen LogP contribution in [0.3, 0.4) is 0 Å². The maximum absolute atomic E-state index is 11.6. The fraction of sp³-hybridized carbons (Fsp3) is 0.357. The van der Waals surface area contributed by atoms with Crippen LogP contribution in [0.4, 0.5) is 5.69 Å². The summed E-state index contributed by atoms with van der Waals surface area (Å²) in [7, 11) is 0. The van der Waals surface area contributed by atoms with Gasteiger partial charge in [0.25, 0.3) is 5.69 Å². The fourth-order valence-corrected chi connectivity index (χ4v) is 1.88. The zero-order valence-corrected chi connectivity index (χ0v) is 11.4. The second-order valence-corrected chi connectivity index (χ2v) is 4.20. The molecule has 1 atom stereocenters. The van der Waals surface area contributed by atoms with Crippen molar-refractivity contribution in [3.8, 4) is 12.1 Å². The van der Waals surface area contributed by atoms with E-state index in [1.807, 2.05) is 12.1 Å². The van der Waals surface area contributed by atoms with Crippen molar-refractivity contribution in [2.45, 2.75) is 19.3 Å². The van der Waals surface area contributed by atoms with Crippen molar-refractivity contribution in [1.29, 1.82) is 10.5 Å². The molecule has 0 heterocycles. The average Bonchev–Trinajstić information content (AvgIpc) is 2.47. The molecule has 0 aliphatic rings. The van der Waals surface area contributed by atoms with Gasteiger partial charge >= 0.3 is 5.97 Å². The molecule has 0 spiro atoms. The molecule has 7 heteroatoms. The first kappa shape index (κ1) is 16.1. The normalized spacial score (nSPS) is 11.2. The van der Waals surface area contributed by atoms with Crippen molar-refractivity contribution in [1.82, 2.24) is 0 Å². The van der Waals surface area contributed by atoms with E-state index < -0.39 is 22.7 Å². The van der Waals surface area contributed by atoms with Gasteiger partial charge in [0.1, 0.15) is 5.92 Å². The maximum atomic E-state index is 11.6. The summed E-state index contributed by atoms with van der Waals surface area (Å²) in [6.07, 6.45) is -0.128. The maximum Gasteiger partial charge on any atom is 0.306 e. The second-order valence-electron chi connectivity index (χ2n) is 4.20. The molecule has 0 fully saturated rings. The average molecular weight is 287 g/mol. The highest BCUT2D eigenvalue weighted by Crippen LogP contribution is 2.29. The molecule has 1 aromatic rings. The Morgan fingerprint density at radius 1 is 1.33 bits per heavy atom. The number of nitriles is 2. The van der Waals surface area contributed by atoms with E-state index in [-0.39, 0.29) is 18.7 Å². The highest BCUT2D eigenvalue weighted by atomic mass is 16.6. The van der Waals surface area contributed by atoms with Crippen molar-refractivity contribution in [3.05, 3.63) is 39.9 Å². The predicted molar refractivity (Wildman–Crippen MR) is 71.8 cm³/mol. The standard InChI is InChI=1S/C14H13N3O4/c1-2-21-14(18)7-13(11(8-15)9-16)10-3-5-12(6-4-10)17(19)20/h3-6,11,13H,2,7H2,1H3.